The fraction of sp³-hybridized carbons (Fsp3) is 0.704. The second kappa shape index (κ2) is 78.5. The van der Waals surface area contributed by atoms with Gasteiger partial charge in [-0.2, -0.15) is 4.33 Å². The van der Waals surface area contributed by atoms with E-state index in [0.29, 0.717) is 0 Å². The van der Waals surface area contributed by atoms with Crippen LogP contribution in [0.25, 0.3) is 0 Å². The molecule has 1 aromatic carbocycles. The number of allylic oxidation sites excluding steroid dienone is 2. The van der Waals surface area contributed by atoms with Crippen LogP contribution in [0.5, 0.6) is 0 Å². The summed E-state index contributed by atoms with van der Waals surface area (Å²) in [6, 6.07) is 10.3. The monoisotopic (exact) mass is 464 g/mol. The third-order valence-corrected chi connectivity index (χ3v) is 1.97. The Kier molecular flexibility index (Phi) is 121. The molecular weight excluding hydrogens is 404 g/mol. The van der Waals surface area contributed by atoms with E-state index in [-0.39, 0.29) is 0 Å². The van der Waals surface area contributed by atoms with Gasteiger partial charge in [0.15, 0.2) is 0 Å². The van der Waals surface area contributed by atoms with Gasteiger partial charge in [-0.15, -0.1) is 0 Å². The highest BCUT2D eigenvalue weighted by Gasteiger charge is 1.72. The van der Waals surface area contributed by atoms with Crippen molar-refractivity contribution in [2.24, 2.45) is 0 Å². The molecule has 0 unspecified atom stereocenters. The van der Waals surface area contributed by atoms with Gasteiger partial charge >= 0.3 is 0 Å². The predicted molar refractivity (Wildman–Crippen MR) is 150 cm³/mol. The normalized spacial score (nSPS) is 7.45. The average Bonchev–Trinajstić information content (AvgIpc) is 2.79. The van der Waals surface area contributed by atoms with E-state index in [1.807, 2.05) is 65.0 Å². The van der Waals surface area contributed by atoms with E-state index in [1.54, 1.807) is 13.4 Å². The molecular formula is C27H60O3S. The topological polar surface area (TPSA) is 27.7 Å². The van der Waals surface area contributed by atoms with Crippen LogP contribution in [-0.4, -0.2) is 27.1 Å². The van der Waals surface area contributed by atoms with Gasteiger partial charge in [-0.25, -0.2) is 4.89 Å². The Morgan fingerprint density at radius 3 is 1.10 bits per heavy atom. The third-order valence-electron chi connectivity index (χ3n) is 1.70. The Bertz CT molecular complexity index is 292. The molecule has 0 aliphatic heterocycles. The van der Waals surface area contributed by atoms with E-state index in [2.05, 4.69) is 74.6 Å². The molecule has 1 aromatic rings. The van der Waals surface area contributed by atoms with E-state index >= 15 is 0 Å². The SMILES string of the molecule is C/C=C\C.CC.CCC.CCC.CCC.CCOC.COOSC.Cc1ccccc1. The third kappa shape index (κ3) is 172. The minimum Gasteiger partial charge on any atom is -0.385 e. The Labute approximate surface area is 203 Å². The maximum Gasteiger partial charge on any atom is 0.0725 e. The molecule has 0 aromatic heterocycles. The summed E-state index contributed by atoms with van der Waals surface area (Å²) in [4.78, 5) is 4.15. The fourth-order valence-corrected chi connectivity index (χ4v) is 0.739. The van der Waals surface area contributed by atoms with Crippen molar-refractivity contribution in [1.29, 1.82) is 0 Å². The Morgan fingerprint density at radius 1 is 0.742 bits per heavy atom. The van der Waals surface area contributed by atoms with Gasteiger partial charge in [0.2, 0.25) is 0 Å². The smallest absolute Gasteiger partial charge is 0.0725 e. The molecule has 3 nitrogen and oxygen atoms in total. The number of rotatable bonds is 3. The number of hydrogen-bond donors (Lipinski definition) is 0. The van der Waals surface area contributed by atoms with Crippen LogP contribution in [0.1, 0.15) is 101 Å². The summed E-state index contributed by atoms with van der Waals surface area (Å²) in [7, 11) is 3.15. The van der Waals surface area contributed by atoms with Gasteiger partial charge in [0.05, 0.1) is 7.11 Å². The van der Waals surface area contributed by atoms with Gasteiger partial charge in [-0.3, -0.25) is 0 Å². The maximum absolute atomic E-state index is 4.54. The van der Waals surface area contributed by atoms with Crippen molar-refractivity contribution < 1.29 is 14.0 Å². The zero-order valence-electron chi connectivity index (χ0n) is 24.0. The first-order chi connectivity index (χ1) is 14.9. The van der Waals surface area contributed by atoms with E-state index in [4.69, 9.17) is 0 Å². The Morgan fingerprint density at radius 2 is 1.03 bits per heavy atom. The van der Waals surface area contributed by atoms with E-state index in [1.165, 1.54) is 44.0 Å². The van der Waals surface area contributed by atoms with Crippen molar-refractivity contribution in [1.82, 2.24) is 0 Å². The second-order valence-corrected chi connectivity index (χ2v) is 5.89. The molecule has 192 valence electrons. The second-order valence-electron chi connectivity index (χ2n) is 5.42. The predicted octanol–water partition coefficient (Wildman–Crippen LogP) is 10.3. The van der Waals surface area contributed by atoms with Gasteiger partial charge in [-0.05, 0) is 27.7 Å². The molecule has 0 saturated heterocycles. The molecule has 0 spiro atoms. The molecule has 31 heavy (non-hydrogen) atoms. The van der Waals surface area contributed by atoms with Crippen molar-refractivity contribution in [3.8, 4) is 0 Å². The van der Waals surface area contributed by atoms with Crippen molar-refractivity contribution in [3.05, 3.63) is 48.0 Å². The molecule has 0 heterocycles. The summed E-state index contributed by atoms with van der Waals surface area (Å²) in [5, 5.41) is 0. The molecule has 0 fully saturated rings. The van der Waals surface area contributed by atoms with E-state index < -0.39 is 0 Å². The van der Waals surface area contributed by atoms with Crippen LogP contribution >= 0.6 is 12.0 Å². The van der Waals surface area contributed by atoms with Crippen LogP contribution in [0.3, 0.4) is 0 Å². The fourth-order valence-electron chi connectivity index (χ4n) is 0.602. The van der Waals surface area contributed by atoms with Gasteiger partial charge < -0.3 is 4.74 Å². The van der Waals surface area contributed by atoms with Crippen LogP contribution in [0, 0.1) is 6.92 Å². The first kappa shape index (κ1) is 47.8. The minimum absolute atomic E-state index is 0.819. The zero-order chi connectivity index (χ0) is 26.2. The molecule has 0 radical (unpaired) electrons. The molecule has 4 heteroatoms. The van der Waals surface area contributed by atoms with Crippen molar-refractivity contribution in [3.63, 3.8) is 0 Å². The number of aryl methyl sites for hydroxylation is 1. The molecule has 0 aliphatic carbocycles. The lowest BCUT2D eigenvalue weighted by atomic mass is 10.2. The largest absolute Gasteiger partial charge is 0.385 e. The van der Waals surface area contributed by atoms with Crippen molar-refractivity contribution in [2.45, 2.75) is 102 Å². The average molecular weight is 465 g/mol. The number of methoxy groups -OCH3 is 1. The molecule has 0 saturated carbocycles. The lowest BCUT2D eigenvalue weighted by Gasteiger charge is -1.84. The summed E-state index contributed by atoms with van der Waals surface area (Å²) in [5.41, 5.74) is 1.32. The van der Waals surface area contributed by atoms with Crippen LogP contribution in [0.2, 0.25) is 0 Å². The summed E-state index contributed by atoms with van der Waals surface area (Å²) in [6.07, 6.45) is 9.53. The number of hydrogen-bond acceptors (Lipinski definition) is 4. The summed E-state index contributed by atoms with van der Waals surface area (Å²) < 4.78 is 8.79. The minimum atomic E-state index is 0.819. The lowest BCUT2D eigenvalue weighted by molar-refractivity contribution is -0.159. The van der Waals surface area contributed by atoms with Crippen LogP contribution in [0.15, 0.2) is 42.5 Å². The van der Waals surface area contributed by atoms with E-state index in [9.17, 15) is 0 Å². The molecule has 0 N–H and O–H groups in total. The van der Waals surface area contributed by atoms with E-state index in [0.717, 1.165) is 6.61 Å². The number of benzene rings is 1. The Hall–Kier alpha value is -0.810. The van der Waals surface area contributed by atoms with Crippen LogP contribution in [-0.2, 0) is 14.0 Å². The van der Waals surface area contributed by atoms with Crippen LogP contribution in [0.4, 0.5) is 0 Å². The molecule has 0 aliphatic rings. The highest BCUT2D eigenvalue weighted by atomic mass is 32.2. The van der Waals surface area contributed by atoms with Gasteiger partial charge in [0, 0.05) is 32.0 Å². The lowest BCUT2D eigenvalue weighted by Crippen LogP contribution is -1.73. The van der Waals surface area contributed by atoms with Crippen LogP contribution < -0.4 is 0 Å². The maximum atomic E-state index is 4.54. The molecule has 0 bridgehead atoms. The number of ether oxygens (including phenoxy) is 1. The van der Waals surface area contributed by atoms with Gasteiger partial charge in [0.1, 0.15) is 0 Å². The Balaban J connectivity index is -0.0000000440. The van der Waals surface area contributed by atoms with Gasteiger partial charge in [-0.1, -0.05) is 123 Å². The summed E-state index contributed by atoms with van der Waals surface area (Å²) in [6.45, 7) is 25.6. The molecule has 0 atom stereocenters. The van der Waals surface area contributed by atoms with Crippen molar-refractivity contribution >= 4 is 12.0 Å². The van der Waals surface area contributed by atoms with Crippen molar-refractivity contribution in [2.75, 3.05) is 27.1 Å². The summed E-state index contributed by atoms with van der Waals surface area (Å²) in [5.74, 6) is 0. The van der Waals surface area contributed by atoms with Gasteiger partial charge in [0.25, 0.3) is 0 Å². The first-order valence-electron chi connectivity index (χ1n) is 11.7. The zero-order valence-corrected chi connectivity index (χ0v) is 24.8. The first-order valence-corrected chi connectivity index (χ1v) is 12.8. The molecule has 0 amide bonds. The standard InChI is InChI=1S/C7H8.C4H8.C3H8O.3C3H8.C2H6O2S.C2H6/c1-7-5-3-2-4-6-7;2*1-3-4-2;3*1-3-2;1-3-4-5-2;1-2/h2-6H,1H3;3-4H,1-2H3;3H2,1-2H3;3*3H2,1-2H3;1-2H3;1-2H3/b;4-3-;;;;;;. The quantitative estimate of drug-likeness (QED) is 0.192. The molecule has 1 rings (SSSR count). The summed E-state index contributed by atoms with van der Waals surface area (Å²) >= 11 is 1.18. The highest BCUT2D eigenvalue weighted by Crippen LogP contribution is 1.92. The highest BCUT2D eigenvalue weighted by molar-refractivity contribution is 7.93.